The molecule has 3 fully saturated rings. The quantitative estimate of drug-likeness (QED) is 0.507. The summed E-state index contributed by atoms with van der Waals surface area (Å²) in [6.45, 7) is 0. The summed E-state index contributed by atoms with van der Waals surface area (Å²) in [4.78, 5) is 42.0. The number of carbonyl (C=O) groups excluding carboxylic acids is 3. The molecule has 3 amide bonds. The molecule has 2 aromatic carbocycles. The Bertz CT molecular complexity index is 1090. The number of nitrogens with zero attached hydrogens (tertiary/aromatic N) is 1. The van der Waals surface area contributed by atoms with Crippen LogP contribution in [0.2, 0.25) is 0 Å². The molecule has 1 aliphatic heterocycles. The van der Waals surface area contributed by atoms with Gasteiger partial charge in [0.2, 0.25) is 17.7 Å². The number of anilines is 1. The van der Waals surface area contributed by atoms with Crippen LogP contribution in [-0.4, -0.2) is 28.7 Å². The summed E-state index contributed by atoms with van der Waals surface area (Å²) in [6.07, 6.45) is 5.73. The molecule has 0 radical (unpaired) electrons. The van der Waals surface area contributed by atoms with Gasteiger partial charge in [-0.05, 0) is 59.9 Å². The Balaban J connectivity index is 1.33. The number of allylic oxidation sites excluding steroid dienone is 2. The first-order valence-corrected chi connectivity index (χ1v) is 12.0. The van der Waals surface area contributed by atoms with Gasteiger partial charge in [0.25, 0.3) is 0 Å². The highest BCUT2D eigenvalue weighted by Crippen LogP contribution is 2.65. The third kappa shape index (κ3) is 3.07. The van der Waals surface area contributed by atoms with Crippen molar-refractivity contribution < 1.29 is 14.4 Å². The molecule has 5 nitrogen and oxygen atoms in total. The summed E-state index contributed by atoms with van der Waals surface area (Å²) in [5.74, 6) is 0.0705. The van der Waals surface area contributed by atoms with E-state index in [0.717, 1.165) is 16.5 Å². The summed E-state index contributed by atoms with van der Waals surface area (Å²) in [7, 11) is 0. The van der Waals surface area contributed by atoms with Crippen LogP contribution in [0, 0.1) is 35.5 Å². The molecular weight excluding hydrogens is 468 g/mol. The zero-order chi connectivity index (χ0) is 22.0. The van der Waals surface area contributed by atoms with Gasteiger partial charge in [-0.25, -0.2) is 0 Å². The molecule has 1 heterocycles. The molecule has 2 aromatic rings. The molecule has 5 aliphatic rings. The van der Waals surface area contributed by atoms with E-state index in [0.29, 0.717) is 23.9 Å². The largest absolute Gasteiger partial charge is 0.324 e. The van der Waals surface area contributed by atoms with Crippen LogP contribution >= 0.6 is 15.9 Å². The SMILES string of the molecule is O=C(Nc1ccc(Br)cc1)[C@H](Cc1ccccc1)N1C(=O)[C@@H]2[C@H]3C=C[C@@H]([C@@H]4C[C@H]34)[C@@H]2C1=O. The van der Waals surface area contributed by atoms with E-state index < -0.39 is 6.04 Å². The summed E-state index contributed by atoms with van der Waals surface area (Å²) >= 11 is 3.40. The van der Waals surface area contributed by atoms with Crippen molar-refractivity contribution in [2.45, 2.75) is 18.9 Å². The minimum atomic E-state index is -0.873. The second-order valence-corrected chi connectivity index (χ2v) is 10.3. The second-order valence-electron chi connectivity index (χ2n) is 9.40. The van der Waals surface area contributed by atoms with E-state index in [1.54, 1.807) is 12.1 Å². The zero-order valence-corrected chi connectivity index (χ0v) is 18.9. The van der Waals surface area contributed by atoms with Gasteiger partial charge in [0, 0.05) is 16.6 Å². The molecule has 0 unspecified atom stereocenters. The molecule has 32 heavy (non-hydrogen) atoms. The number of likely N-dealkylation sites (tertiary alicyclic amines) is 1. The average Bonchev–Trinajstić information content (AvgIpc) is 3.58. The van der Waals surface area contributed by atoms with E-state index in [4.69, 9.17) is 0 Å². The van der Waals surface area contributed by atoms with Gasteiger partial charge in [-0.1, -0.05) is 58.4 Å². The topological polar surface area (TPSA) is 66.5 Å². The number of amides is 3. The Labute approximate surface area is 195 Å². The van der Waals surface area contributed by atoms with Gasteiger partial charge in [0.15, 0.2) is 0 Å². The van der Waals surface area contributed by atoms with E-state index in [9.17, 15) is 14.4 Å². The third-order valence-electron chi connectivity index (χ3n) is 7.69. The number of nitrogens with one attached hydrogen (secondary N) is 1. The van der Waals surface area contributed by atoms with Crippen LogP contribution in [0.1, 0.15) is 12.0 Å². The highest BCUT2D eigenvalue weighted by atomic mass is 79.9. The summed E-state index contributed by atoms with van der Waals surface area (Å²) in [5.41, 5.74) is 1.55. The third-order valence-corrected chi connectivity index (χ3v) is 8.22. The van der Waals surface area contributed by atoms with Crippen molar-refractivity contribution >= 4 is 39.3 Å². The molecule has 7 rings (SSSR count). The van der Waals surface area contributed by atoms with Gasteiger partial charge < -0.3 is 5.32 Å². The Morgan fingerprint density at radius 2 is 1.53 bits per heavy atom. The first kappa shape index (κ1) is 19.9. The van der Waals surface area contributed by atoms with E-state index in [1.807, 2.05) is 42.5 Å². The highest BCUT2D eigenvalue weighted by Gasteiger charge is 2.67. The number of rotatable bonds is 5. The van der Waals surface area contributed by atoms with Gasteiger partial charge in [-0.3, -0.25) is 19.3 Å². The predicted octanol–water partition coefficient (Wildman–Crippen LogP) is 4.05. The van der Waals surface area contributed by atoms with Crippen LogP contribution in [0.15, 0.2) is 71.2 Å². The summed E-state index contributed by atoms with van der Waals surface area (Å²) in [5, 5.41) is 2.92. The van der Waals surface area contributed by atoms with E-state index in [1.165, 1.54) is 4.90 Å². The fourth-order valence-corrected chi connectivity index (χ4v) is 6.45. The number of hydrogen-bond donors (Lipinski definition) is 1. The van der Waals surface area contributed by atoms with Crippen molar-refractivity contribution in [1.29, 1.82) is 0 Å². The highest BCUT2D eigenvalue weighted by molar-refractivity contribution is 9.10. The smallest absolute Gasteiger partial charge is 0.248 e. The van der Waals surface area contributed by atoms with Crippen molar-refractivity contribution in [1.82, 2.24) is 4.90 Å². The standard InChI is InChI=1S/C26H23BrN2O3/c27-15-6-8-16(9-7-15)28-24(30)21(12-14-4-2-1-3-5-14)29-25(31)22-17-10-11-18(20-13-19(17)20)23(22)26(29)32/h1-11,17-23H,12-13H2,(H,28,30)/t17-,18-,19-,20+,21-,22-,23+/m0/s1. The maximum Gasteiger partial charge on any atom is 0.248 e. The Morgan fingerprint density at radius 3 is 2.12 bits per heavy atom. The molecule has 4 aliphatic carbocycles. The molecule has 0 aromatic heterocycles. The molecule has 0 spiro atoms. The second kappa shape index (κ2) is 7.41. The first-order valence-electron chi connectivity index (χ1n) is 11.2. The van der Waals surface area contributed by atoms with Crippen molar-refractivity contribution in [2.75, 3.05) is 5.32 Å². The number of hydrogen-bond acceptors (Lipinski definition) is 3. The molecule has 162 valence electrons. The lowest BCUT2D eigenvalue weighted by Crippen LogP contribution is -2.49. The maximum absolute atomic E-state index is 13.6. The average molecular weight is 491 g/mol. The van der Waals surface area contributed by atoms with Crippen molar-refractivity contribution in [2.24, 2.45) is 35.5 Å². The van der Waals surface area contributed by atoms with Crippen LogP contribution in [0.5, 0.6) is 0 Å². The van der Waals surface area contributed by atoms with Crippen molar-refractivity contribution in [3.8, 4) is 0 Å². The molecule has 2 bridgehead atoms. The van der Waals surface area contributed by atoms with Gasteiger partial charge in [0.1, 0.15) is 6.04 Å². The maximum atomic E-state index is 13.6. The van der Waals surface area contributed by atoms with E-state index >= 15 is 0 Å². The first-order chi connectivity index (χ1) is 15.5. The Morgan fingerprint density at radius 1 is 0.938 bits per heavy atom. The molecule has 1 N–H and O–H groups in total. The van der Waals surface area contributed by atoms with Crippen molar-refractivity contribution in [3.63, 3.8) is 0 Å². The number of carbonyl (C=O) groups is 3. The minimum absolute atomic E-state index is 0.142. The number of halogens is 1. The summed E-state index contributed by atoms with van der Waals surface area (Å²) < 4.78 is 0.909. The lowest BCUT2D eigenvalue weighted by molar-refractivity contribution is -0.146. The zero-order valence-electron chi connectivity index (χ0n) is 17.4. The van der Waals surface area contributed by atoms with Crippen molar-refractivity contribution in [3.05, 3.63) is 76.8 Å². The monoisotopic (exact) mass is 490 g/mol. The molecule has 6 heteroatoms. The minimum Gasteiger partial charge on any atom is -0.324 e. The Hall–Kier alpha value is -2.73. The van der Waals surface area contributed by atoms with E-state index in [-0.39, 0.29) is 41.4 Å². The molecular formula is C26H23BrN2O3. The molecule has 1 saturated heterocycles. The fraction of sp³-hybridized carbons (Fsp3) is 0.346. The van der Waals surface area contributed by atoms with Gasteiger partial charge in [0.05, 0.1) is 11.8 Å². The van der Waals surface area contributed by atoms with Crippen LogP contribution in [0.4, 0.5) is 5.69 Å². The number of benzene rings is 2. The fourth-order valence-electron chi connectivity index (χ4n) is 6.18. The molecule has 7 atom stereocenters. The van der Waals surface area contributed by atoms with Crippen LogP contribution in [0.3, 0.4) is 0 Å². The van der Waals surface area contributed by atoms with E-state index in [2.05, 4.69) is 33.4 Å². The predicted molar refractivity (Wildman–Crippen MR) is 123 cm³/mol. The van der Waals surface area contributed by atoms with Gasteiger partial charge in [-0.2, -0.15) is 0 Å². The van der Waals surface area contributed by atoms with Gasteiger partial charge >= 0.3 is 0 Å². The Kier molecular flexibility index (Phi) is 4.61. The van der Waals surface area contributed by atoms with Gasteiger partial charge in [-0.15, -0.1) is 0 Å². The van der Waals surface area contributed by atoms with Crippen LogP contribution in [-0.2, 0) is 20.8 Å². The van der Waals surface area contributed by atoms with Crippen LogP contribution < -0.4 is 5.32 Å². The number of imide groups is 1. The summed E-state index contributed by atoms with van der Waals surface area (Å²) in [6, 6.07) is 16.0. The molecule has 2 saturated carbocycles. The lowest BCUT2D eigenvalue weighted by atomic mass is 9.63. The lowest BCUT2D eigenvalue weighted by Gasteiger charge is -2.37. The van der Waals surface area contributed by atoms with Crippen LogP contribution in [0.25, 0.3) is 0 Å². The normalized spacial score (nSPS) is 32.5.